The summed E-state index contributed by atoms with van der Waals surface area (Å²) in [5, 5.41) is 14.1. The van der Waals surface area contributed by atoms with E-state index in [1.54, 1.807) is 10.7 Å². The minimum absolute atomic E-state index is 0.0331. The zero-order valence-electron chi connectivity index (χ0n) is 21.0. The molecule has 6 rings (SSSR count). The second kappa shape index (κ2) is 9.85. The lowest BCUT2D eigenvalue weighted by atomic mass is 9.90. The van der Waals surface area contributed by atoms with Gasteiger partial charge in [0.25, 0.3) is 0 Å². The monoisotopic (exact) mass is 494 g/mol. The van der Waals surface area contributed by atoms with Gasteiger partial charge in [0.2, 0.25) is 0 Å². The number of rotatable bonds is 7. The number of hydrogen-bond donors (Lipinski definition) is 0. The van der Waals surface area contributed by atoms with Gasteiger partial charge in [0, 0.05) is 55.5 Å². The van der Waals surface area contributed by atoms with Crippen molar-refractivity contribution in [1.29, 1.82) is 5.26 Å². The highest BCUT2D eigenvalue weighted by Crippen LogP contribution is 2.33. The van der Waals surface area contributed by atoms with Crippen LogP contribution >= 0.6 is 0 Å². The molecule has 0 radical (unpaired) electrons. The van der Waals surface area contributed by atoms with Crippen molar-refractivity contribution in [2.75, 3.05) is 50.9 Å². The molecule has 8 heteroatoms. The second-order valence-electron chi connectivity index (χ2n) is 10.3. The van der Waals surface area contributed by atoms with Crippen LogP contribution in [-0.2, 0) is 11.3 Å². The maximum Gasteiger partial charge on any atom is 0.138 e. The summed E-state index contributed by atoms with van der Waals surface area (Å²) in [6.07, 6.45) is 5.32. The number of piperazine rings is 1. The maximum atomic E-state index is 9.67. The number of anilines is 1. The minimum atomic E-state index is 0.0331. The molecule has 0 bridgehead atoms. The first-order valence-corrected chi connectivity index (χ1v) is 12.7. The molecular weight excluding hydrogens is 464 g/mol. The standard InChI is InChI=1S/C29H30N6O2/c1-29(19-36-20-29)21-37-25-13-26(28-24(14-30)16-32-35(28)18-25)23-7-8-27(31-15-23)34-11-9-33(10-12-34)17-22-5-3-2-4-6-22/h2-8,13,15-16,18H,9-12,17,19-21H2,1H3. The molecule has 3 aromatic heterocycles. The van der Waals surface area contributed by atoms with Crippen LogP contribution in [0.4, 0.5) is 5.82 Å². The molecule has 2 saturated heterocycles. The number of hydrogen-bond acceptors (Lipinski definition) is 7. The van der Waals surface area contributed by atoms with E-state index in [0.717, 1.165) is 55.2 Å². The van der Waals surface area contributed by atoms with E-state index >= 15 is 0 Å². The Morgan fingerprint density at radius 3 is 2.54 bits per heavy atom. The van der Waals surface area contributed by atoms with Crippen molar-refractivity contribution in [2.45, 2.75) is 13.5 Å². The lowest BCUT2D eigenvalue weighted by molar-refractivity contribution is -0.120. The predicted octanol–water partition coefficient (Wildman–Crippen LogP) is 4.01. The predicted molar refractivity (Wildman–Crippen MR) is 141 cm³/mol. The van der Waals surface area contributed by atoms with Crippen LogP contribution in [0.25, 0.3) is 16.6 Å². The molecule has 1 aromatic carbocycles. The molecule has 2 aliphatic rings. The maximum absolute atomic E-state index is 9.67. The van der Waals surface area contributed by atoms with Crippen LogP contribution < -0.4 is 9.64 Å². The molecular formula is C29H30N6O2. The molecule has 0 amide bonds. The SMILES string of the molecule is CC1(COc2cc(-c3ccc(N4CCN(Cc5ccccc5)CC4)nc3)c3c(C#N)cnn3c2)COC1. The van der Waals surface area contributed by atoms with Gasteiger partial charge < -0.3 is 14.4 Å². The summed E-state index contributed by atoms with van der Waals surface area (Å²) in [5.74, 6) is 1.68. The number of nitrogens with zero attached hydrogens (tertiary/aromatic N) is 6. The van der Waals surface area contributed by atoms with Crippen molar-refractivity contribution in [3.8, 4) is 22.9 Å². The van der Waals surface area contributed by atoms with Gasteiger partial charge in [-0.3, -0.25) is 4.90 Å². The third-order valence-electron chi connectivity index (χ3n) is 7.20. The van der Waals surface area contributed by atoms with Gasteiger partial charge in [0.05, 0.1) is 43.3 Å². The molecule has 0 N–H and O–H groups in total. The Bertz CT molecular complexity index is 1410. The Morgan fingerprint density at radius 2 is 1.86 bits per heavy atom. The minimum Gasteiger partial charge on any atom is -0.491 e. The Balaban J connectivity index is 1.19. The van der Waals surface area contributed by atoms with Crippen LogP contribution in [0.5, 0.6) is 5.75 Å². The average Bonchev–Trinajstić information content (AvgIpc) is 3.35. The molecule has 8 nitrogen and oxygen atoms in total. The number of nitriles is 1. The largest absolute Gasteiger partial charge is 0.491 e. The molecule has 4 aromatic rings. The number of pyridine rings is 2. The van der Waals surface area contributed by atoms with Crippen molar-refractivity contribution in [3.63, 3.8) is 0 Å². The van der Waals surface area contributed by atoms with Crippen LogP contribution in [0.2, 0.25) is 0 Å². The smallest absolute Gasteiger partial charge is 0.138 e. The molecule has 188 valence electrons. The highest BCUT2D eigenvalue weighted by atomic mass is 16.5. The van der Waals surface area contributed by atoms with Crippen LogP contribution in [0.1, 0.15) is 18.1 Å². The van der Waals surface area contributed by atoms with Gasteiger partial charge in [-0.25, -0.2) is 9.50 Å². The van der Waals surface area contributed by atoms with Gasteiger partial charge in [0.1, 0.15) is 17.6 Å². The lowest BCUT2D eigenvalue weighted by Crippen LogP contribution is -2.46. The van der Waals surface area contributed by atoms with Gasteiger partial charge in [-0.2, -0.15) is 10.4 Å². The van der Waals surface area contributed by atoms with Crippen LogP contribution in [0.15, 0.2) is 67.1 Å². The number of ether oxygens (including phenoxy) is 2. The van der Waals surface area contributed by atoms with E-state index in [-0.39, 0.29) is 5.41 Å². The van der Waals surface area contributed by atoms with Crippen molar-refractivity contribution < 1.29 is 9.47 Å². The summed E-state index contributed by atoms with van der Waals surface area (Å²) >= 11 is 0. The zero-order valence-corrected chi connectivity index (χ0v) is 21.0. The lowest BCUT2D eigenvalue weighted by Gasteiger charge is -2.37. The van der Waals surface area contributed by atoms with Crippen molar-refractivity contribution >= 4 is 11.3 Å². The first kappa shape index (κ1) is 23.5. The summed E-state index contributed by atoms with van der Waals surface area (Å²) in [7, 11) is 0. The summed E-state index contributed by atoms with van der Waals surface area (Å²) in [6.45, 7) is 9.00. The summed E-state index contributed by atoms with van der Waals surface area (Å²) < 4.78 is 13.2. The Kier molecular flexibility index (Phi) is 6.25. The van der Waals surface area contributed by atoms with Gasteiger partial charge in [0.15, 0.2) is 0 Å². The Labute approximate surface area is 216 Å². The molecule has 5 heterocycles. The fraction of sp³-hybridized carbons (Fsp3) is 0.345. The van der Waals surface area contributed by atoms with Crippen LogP contribution in [0, 0.1) is 16.7 Å². The Morgan fingerprint density at radius 1 is 1.05 bits per heavy atom. The van der Waals surface area contributed by atoms with Gasteiger partial charge in [-0.1, -0.05) is 37.3 Å². The molecule has 2 aliphatic heterocycles. The Hall–Kier alpha value is -3.93. The second-order valence-corrected chi connectivity index (χ2v) is 10.3. The zero-order chi connectivity index (χ0) is 25.2. The van der Waals surface area contributed by atoms with Crippen LogP contribution in [0.3, 0.4) is 0 Å². The highest BCUT2D eigenvalue weighted by molar-refractivity contribution is 5.85. The van der Waals surface area contributed by atoms with Crippen molar-refractivity contribution in [2.24, 2.45) is 5.41 Å². The van der Waals surface area contributed by atoms with E-state index < -0.39 is 0 Å². The van der Waals surface area contributed by atoms with E-state index in [9.17, 15) is 5.26 Å². The molecule has 0 unspecified atom stereocenters. The average molecular weight is 495 g/mol. The van der Waals surface area contributed by atoms with E-state index in [4.69, 9.17) is 14.5 Å². The normalized spacial score (nSPS) is 17.4. The summed E-state index contributed by atoms with van der Waals surface area (Å²) in [4.78, 5) is 9.63. The van der Waals surface area contributed by atoms with Crippen molar-refractivity contribution in [3.05, 3.63) is 78.2 Å². The number of fused-ring (bicyclic) bond motifs is 1. The quantitative estimate of drug-likeness (QED) is 0.384. The third kappa shape index (κ3) is 4.88. The van der Waals surface area contributed by atoms with E-state index in [1.807, 2.05) is 18.5 Å². The van der Waals surface area contributed by atoms with E-state index in [0.29, 0.717) is 31.1 Å². The molecule has 0 aliphatic carbocycles. The third-order valence-corrected chi connectivity index (χ3v) is 7.20. The van der Waals surface area contributed by atoms with Gasteiger partial charge in [-0.15, -0.1) is 0 Å². The van der Waals surface area contributed by atoms with E-state index in [2.05, 4.69) is 70.4 Å². The van der Waals surface area contributed by atoms with Crippen molar-refractivity contribution in [1.82, 2.24) is 19.5 Å². The van der Waals surface area contributed by atoms with E-state index in [1.165, 1.54) is 5.56 Å². The topological polar surface area (TPSA) is 78.9 Å². The first-order chi connectivity index (χ1) is 18.1. The molecule has 37 heavy (non-hydrogen) atoms. The highest BCUT2D eigenvalue weighted by Gasteiger charge is 2.34. The first-order valence-electron chi connectivity index (χ1n) is 12.7. The summed E-state index contributed by atoms with van der Waals surface area (Å²) in [6, 6.07) is 19.0. The fourth-order valence-corrected chi connectivity index (χ4v) is 4.98. The number of benzene rings is 1. The summed E-state index contributed by atoms with van der Waals surface area (Å²) in [5.41, 5.74) is 4.48. The van der Waals surface area contributed by atoms with Crippen LogP contribution in [-0.4, -0.2) is 65.5 Å². The fourth-order valence-electron chi connectivity index (χ4n) is 4.98. The molecule has 0 saturated carbocycles. The molecule has 2 fully saturated rings. The number of aromatic nitrogens is 3. The molecule has 0 atom stereocenters. The van der Waals surface area contributed by atoms with Gasteiger partial charge in [-0.05, 0) is 23.8 Å². The molecule has 0 spiro atoms. The van der Waals surface area contributed by atoms with Gasteiger partial charge >= 0.3 is 0 Å².